The lowest BCUT2D eigenvalue weighted by Crippen LogP contribution is -2.20. The fourth-order valence-electron chi connectivity index (χ4n) is 1.64. The summed E-state index contributed by atoms with van der Waals surface area (Å²) in [4.78, 5) is 12.3. The van der Waals surface area contributed by atoms with Crippen LogP contribution in [0.3, 0.4) is 0 Å². The van der Waals surface area contributed by atoms with E-state index in [2.05, 4.69) is 23.3 Å². The van der Waals surface area contributed by atoms with Crippen LogP contribution in [0.5, 0.6) is 0 Å². The lowest BCUT2D eigenvalue weighted by Gasteiger charge is -2.11. The van der Waals surface area contributed by atoms with Gasteiger partial charge >= 0.3 is 12.2 Å². The summed E-state index contributed by atoms with van der Waals surface area (Å²) in [5, 5.41) is 4.86. The van der Waals surface area contributed by atoms with Gasteiger partial charge < -0.3 is 10.6 Å². The van der Waals surface area contributed by atoms with Crippen LogP contribution >= 0.6 is 12.6 Å². The van der Waals surface area contributed by atoms with E-state index < -0.39 is 17.8 Å². The highest BCUT2D eigenvalue weighted by molar-refractivity contribution is 7.80. The second-order valence-corrected chi connectivity index (χ2v) is 4.66. The summed E-state index contributed by atoms with van der Waals surface area (Å²) in [7, 11) is 0. The van der Waals surface area contributed by atoms with E-state index in [9.17, 15) is 18.0 Å². The Balaban J connectivity index is 2.08. The highest BCUT2D eigenvalue weighted by Crippen LogP contribution is 2.30. The predicted molar refractivity (Wildman–Crippen MR) is 77.8 cm³/mol. The third-order valence-corrected chi connectivity index (χ3v) is 2.99. The number of thiol groups is 1. The summed E-state index contributed by atoms with van der Waals surface area (Å²) in [6, 6.07) is 10.5. The molecule has 0 saturated carbocycles. The van der Waals surface area contributed by atoms with E-state index in [-0.39, 0.29) is 5.69 Å². The molecule has 0 saturated heterocycles. The fraction of sp³-hybridized carbons (Fsp3) is 0.0714. The van der Waals surface area contributed by atoms with Gasteiger partial charge in [-0.25, -0.2) is 4.79 Å². The number of hydrogen-bond donors (Lipinski definition) is 3. The fourth-order valence-corrected chi connectivity index (χ4v) is 1.85. The van der Waals surface area contributed by atoms with Crippen LogP contribution in [0.2, 0.25) is 0 Å². The number of urea groups is 1. The van der Waals surface area contributed by atoms with Crippen LogP contribution in [-0.4, -0.2) is 6.03 Å². The Labute approximate surface area is 124 Å². The van der Waals surface area contributed by atoms with Gasteiger partial charge in [-0.2, -0.15) is 13.2 Å². The van der Waals surface area contributed by atoms with Gasteiger partial charge in [0.15, 0.2) is 0 Å². The lowest BCUT2D eigenvalue weighted by atomic mass is 10.2. The zero-order chi connectivity index (χ0) is 15.5. The molecule has 2 rings (SSSR count). The number of carbonyl (C=O) groups excluding carboxylic acids is 1. The molecule has 2 amide bonds. The molecule has 3 nitrogen and oxygen atoms in total. The van der Waals surface area contributed by atoms with Gasteiger partial charge in [-0.3, -0.25) is 0 Å². The Morgan fingerprint density at radius 1 is 1.00 bits per heavy atom. The molecule has 7 heteroatoms. The molecule has 110 valence electrons. The number of hydrogen-bond acceptors (Lipinski definition) is 2. The summed E-state index contributed by atoms with van der Waals surface area (Å²) >= 11 is 4.16. The van der Waals surface area contributed by atoms with Gasteiger partial charge in [0, 0.05) is 10.6 Å². The van der Waals surface area contributed by atoms with E-state index in [0.717, 1.165) is 12.1 Å². The smallest absolute Gasteiger partial charge is 0.308 e. The minimum atomic E-state index is -4.45. The molecule has 2 N–H and O–H groups in total. The zero-order valence-electron chi connectivity index (χ0n) is 10.6. The van der Waals surface area contributed by atoms with Crippen LogP contribution in [0.25, 0.3) is 0 Å². The zero-order valence-corrected chi connectivity index (χ0v) is 11.5. The van der Waals surface area contributed by atoms with Crippen molar-refractivity contribution in [3.63, 3.8) is 0 Å². The number of benzene rings is 2. The van der Waals surface area contributed by atoms with Gasteiger partial charge in [0.05, 0.1) is 11.3 Å². The maximum absolute atomic E-state index is 12.6. The summed E-state index contributed by atoms with van der Waals surface area (Å²) in [6.45, 7) is 0. The van der Waals surface area contributed by atoms with Crippen molar-refractivity contribution >= 4 is 30.0 Å². The minimum absolute atomic E-state index is 0.0546. The van der Waals surface area contributed by atoms with E-state index in [1.807, 2.05) is 0 Å². The second kappa shape index (κ2) is 6.09. The normalized spacial score (nSPS) is 11.0. The van der Waals surface area contributed by atoms with Crippen molar-refractivity contribution in [3.8, 4) is 0 Å². The third-order valence-electron chi connectivity index (χ3n) is 2.60. The van der Waals surface area contributed by atoms with Crippen LogP contribution in [-0.2, 0) is 6.18 Å². The first-order valence-electron chi connectivity index (χ1n) is 5.89. The first-order chi connectivity index (χ1) is 9.86. The molecule has 0 atom stereocenters. The van der Waals surface area contributed by atoms with Crippen molar-refractivity contribution in [3.05, 3.63) is 54.1 Å². The Hall–Kier alpha value is -2.15. The topological polar surface area (TPSA) is 41.1 Å². The lowest BCUT2D eigenvalue weighted by molar-refractivity contribution is -0.137. The average molecular weight is 312 g/mol. The number of carbonyl (C=O) groups is 1. The molecule has 0 aromatic heterocycles. The van der Waals surface area contributed by atoms with Gasteiger partial charge in [0.25, 0.3) is 0 Å². The molecular weight excluding hydrogens is 301 g/mol. The van der Waals surface area contributed by atoms with Crippen LogP contribution in [0.4, 0.5) is 29.3 Å². The molecule has 21 heavy (non-hydrogen) atoms. The van der Waals surface area contributed by atoms with Crippen molar-refractivity contribution < 1.29 is 18.0 Å². The molecule has 0 aliphatic rings. The maximum Gasteiger partial charge on any atom is 0.416 e. The van der Waals surface area contributed by atoms with Crippen molar-refractivity contribution in [1.29, 1.82) is 0 Å². The molecule has 0 radical (unpaired) electrons. The second-order valence-electron chi connectivity index (χ2n) is 4.17. The van der Waals surface area contributed by atoms with E-state index in [1.54, 1.807) is 24.3 Å². The van der Waals surface area contributed by atoms with Gasteiger partial charge in [-0.1, -0.05) is 18.2 Å². The molecule has 0 heterocycles. The number of para-hydroxylation sites is 1. The number of alkyl halides is 3. The minimum Gasteiger partial charge on any atom is -0.308 e. The standard InChI is InChI=1S/C14H11F3N2OS/c15-14(16,17)9-4-3-5-10(8-9)18-13(20)19-11-6-1-2-7-12(11)21/h1-8,21H,(H2,18,19,20). The molecule has 0 bridgehead atoms. The summed E-state index contributed by atoms with van der Waals surface area (Å²) < 4.78 is 37.7. The molecular formula is C14H11F3N2OS. The van der Waals surface area contributed by atoms with E-state index in [1.165, 1.54) is 12.1 Å². The Morgan fingerprint density at radius 3 is 2.38 bits per heavy atom. The predicted octanol–water partition coefficient (Wildman–Crippen LogP) is 4.64. The molecule has 0 aliphatic carbocycles. The number of rotatable bonds is 2. The van der Waals surface area contributed by atoms with E-state index in [4.69, 9.17) is 0 Å². The third kappa shape index (κ3) is 4.16. The monoisotopic (exact) mass is 312 g/mol. The molecule has 0 spiro atoms. The van der Waals surface area contributed by atoms with Gasteiger partial charge in [-0.15, -0.1) is 12.6 Å². The molecule has 2 aromatic rings. The Bertz CT molecular complexity index is 659. The summed E-state index contributed by atoms with van der Waals surface area (Å²) in [5.41, 5.74) is -0.306. The first-order valence-corrected chi connectivity index (χ1v) is 6.34. The summed E-state index contributed by atoms with van der Waals surface area (Å²) in [6.07, 6.45) is -4.45. The van der Waals surface area contributed by atoms with Crippen LogP contribution in [0, 0.1) is 0 Å². The number of anilines is 2. The van der Waals surface area contributed by atoms with E-state index >= 15 is 0 Å². The Kier molecular flexibility index (Phi) is 4.42. The van der Waals surface area contributed by atoms with Crippen molar-refractivity contribution in [2.45, 2.75) is 11.1 Å². The molecule has 0 fully saturated rings. The number of amides is 2. The van der Waals surface area contributed by atoms with Crippen molar-refractivity contribution in [2.75, 3.05) is 10.6 Å². The van der Waals surface area contributed by atoms with Crippen LogP contribution in [0.1, 0.15) is 5.56 Å². The highest BCUT2D eigenvalue weighted by Gasteiger charge is 2.30. The number of halogens is 3. The Morgan fingerprint density at radius 2 is 1.71 bits per heavy atom. The SMILES string of the molecule is O=C(Nc1cccc(C(F)(F)F)c1)Nc1ccccc1S. The van der Waals surface area contributed by atoms with Crippen molar-refractivity contribution in [1.82, 2.24) is 0 Å². The molecule has 0 unspecified atom stereocenters. The van der Waals surface area contributed by atoms with E-state index in [0.29, 0.717) is 10.6 Å². The van der Waals surface area contributed by atoms with Gasteiger partial charge in [0.1, 0.15) is 0 Å². The van der Waals surface area contributed by atoms with Crippen LogP contribution in [0.15, 0.2) is 53.4 Å². The first kappa shape index (κ1) is 15.2. The van der Waals surface area contributed by atoms with Gasteiger partial charge in [0.2, 0.25) is 0 Å². The summed E-state index contributed by atoms with van der Waals surface area (Å²) in [5.74, 6) is 0. The molecule has 2 aromatic carbocycles. The van der Waals surface area contributed by atoms with Crippen molar-refractivity contribution in [2.24, 2.45) is 0 Å². The molecule has 0 aliphatic heterocycles. The largest absolute Gasteiger partial charge is 0.416 e. The highest BCUT2D eigenvalue weighted by atomic mass is 32.1. The quantitative estimate of drug-likeness (QED) is 0.695. The number of nitrogens with one attached hydrogen (secondary N) is 2. The maximum atomic E-state index is 12.6. The van der Waals surface area contributed by atoms with Gasteiger partial charge in [-0.05, 0) is 30.3 Å². The van der Waals surface area contributed by atoms with Crippen LogP contribution < -0.4 is 10.6 Å². The average Bonchev–Trinajstić information content (AvgIpc) is 2.41.